The normalized spacial score (nSPS) is 11.3. The number of fused-ring (bicyclic) bond motifs is 1. The van der Waals surface area contributed by atoms with E-state index in [-0.39, 0.29) is 11.6 Å². The number of hydrogen-bond donors (Lipinski definition) is 0. The van der Waals surface area contributed by atoms with Crippen LogP contribution < -0.4 is 4.74 Å². The van der Waals surface area contributed by atoms with E-state index in [1.165, 1.54) is 6.07 Å². The van der Waals surface area contributed by atoms with Gasteiger partial charge in [0, 0.05) is 5.56 Å². The van der Waals surface area contributed by atoms with Gasteiger partial charge in [-0.05, 0) is 18.2 Å². The number of halogens is 3. The summed E-state index contributed by atoms with van der Waals surface area (Å²) in [5, 5.41) is 0. The number of benzene rings is 2. The fourth-order valence-corrected chi connectivity index (χ4v) is 2.62. The Hall–Kier alpha value is -2.14. The van der Waals surface area contributed by atoms with Gasteiger partial charge in [-0.15, -0.1) is 11.6 Å². The van der Waals surface area contributed by atoms with Crippen molar-refractivity contribution >= 4 is 22.6 Å². The summed E-state index contributed by atoms with van der Waals surface area (Å²) in [6.45, 7) is -2.49. The van der Waals surface area contributed by atoms with E-state index in [9.17, 15) is 8.78 Å². The highest BCUT2D eigenvalue weighted by molar-refractivity contribution is 6.16. The predicted molar refractivity (Wildman–Crippen MR) is 81.5 cm³/mol. The van der Waals surface area contributed by atoms with E-state index in [2.05, 4.69) is 9.72 Å². The van der Waals surface area contributed by atoms with E-state index >= 15 is 0 Å². The zero-order valence-electron chi connectivity index (χ0n) is 11.5. The molecule has 2 aromatic carbocycles. The average molecular weight is 323 g/mol. The first-order chi connectivity index (χ1) is 10.7. The SMILES string of the molecule is FC(F)Oc1ccccc1Cn1c(CCl)nc2ccccc21. The smallest absolute Gasteiger partial charge is 0.387 e. The van der Waals surface area contributed by atoms with Crippen molar-refractivity contribution in [3.63, 3.8) is 0 Å². The zero-order valence-corrected chi connectivity index (χ0v) is 12.3. The summed E-state index contributed by atoms with van der Waals surface area (Å²) in [6, 6.07) is 14.3. The number of imidazole rings is 1. The summed E-state index contributed by atoms with van der Waals surface area (Å²) in [4.78, 5) is 4.46. The Bertz CT molecular complexity index is 789. The Labute approximate surface area is 131 Å². The Kier molecular flexibility index (Phi) is 4.24. The molecular formula is C16H13ClF2N2O. The minimum absolute atomic E-state index is 0.163. The second-order valence-corrected chi connectivity index (χ2v) is 4.99. The lowest BCUT2D eigenvalue weighted by Crippen LogP contribution is -2.08. The van der Waals surface area contributed by atoms with Crippen LogP contribution in [0.15, 0.2) is 48.5 Å². The highest BCUT2D eigenvalue weighted by Gasteiger charge is 2.14. The van der Waals surface area contributed by atoms with Gasteiger partial charge in [0.05, 0.1) is 23.5 Å². The summed E-state index contributed by atoms with van der Waals surface area (Å²) < 4.78 is 31.5. The van der Waals surface area contributed by atoms with Gasteiger partial charge in [0.15, 0.2) is 0 Å². The molecule has 0 atom stereocenters. The van der Waals surface area contributed by atoms with Gasteiger partial charge in [0.1, 0.15) is 11.6 Å². The van der Waals surface area contributed by atoms with Crippen molar-refractivity contribution in [1.82, 2.24) is 9.55 Å². The summed E-state index contributed by atoms with van der Waals surface area (Å²) >= 11 is 5.96. The van der Waals surface area contributed by atoms with E-state index in [0.717, 1.165) is 11.0 Å². The van der Waals surface area contributed by atoms with Crippen molar-refractivity contribution in [3.05, 3.63) is 59.9 Å². The summed E-state index contributed by atoms with van der Waals surface area (Å²) in [7, 11) is 0. The quantitative estimate of drug-likeness (QED) is 0.650. The average Bonchev–Trinajstić information content (AvgIpc) is 2.87. The Morgan fingerprint density at radius 1 is 1.09 bits per heavy atom. The lowest BCUT2D eigenvalue weighted by molar-refractivity contribution is -0.0504. The van der Waals surface area contributed by atoms with Crippen LogP contribution in [0, 0.1) is 0 Å². The van der Waals surface area contributed by atoms with Crippen molar-refractivity contribution in [2.45, 2.75) is 19.0 Å². The Morgan fingerprint density at radius 3 is 2.59 bits per heavy atom. The molecule has 22 heavy (non-hydrogen) atoms. The number of nitrogens with zero attached hydrogens (tertiary/aromatic N) is 2. The number of para-hydroxylation sites is 3. The topological polar surface area (TPSA) is 27.1 Å². The number of alkyl halides is 3. The lowest BCUT2D eigenvalue weighted by Gasteiger charge is -2.13. The third kappa shape index (κ3) is 2.90. The Morgan fingerprint density at radius 2 is 1.82 bits per heavy atom. The van der Waals surface area contributed by atoms with Gasteiger partial charge in [-0.3, -0.25) is 0 Å². The fraction of sp³-hybridized carbons (Fsp3) is 0.188. The lowest BCUT2D eigenvalue weighted by atomic mass is 10.2. The van der Waals surface area contributed by atoms with Crippen molar-refractivity contribution in [3.8, 4) is 5.75 Å². The van der Waals surface area contributed by atoms with E-state index in [1.54, 1.807) is 18.2 Å². The van der Waals surface area contributed by atoms with Crippen LogP contribution in [-0.4, -0.2) is 16.2 Å². The van der Waals surface area contributed by atoms with Gasteiger partial charge in [-0.2, -0.15) is 8.78 Å². The highest BCUT2D eigenvalue weighted by atomic mass is 35.5. The van der Waals surface area contributed by atoms with Crippen LogP contribution in [0.5, 0.6) is 5.75 Å². The van der Waals surface area contributed by atoms with Crippen LogP contribution in [0.25, 0.3) is 11.0 Å². The van der Waals surface area contributed by atoms with Gasteiger partial charge in [-0.25, -0.2) is 4.98 Å². The molecule has 0 aliphatic carbocycles. The molecule has 3 aromatic rings. The van der Waals surface area contributed by atoms with Gasteiger partial charge in [0.2, 0.25) is 0 Å². The van der Waals surface area contributed by atoms with Gasteiger partial charge in [-0.1, -0.05) is 30.3 Å². The Balaban J connectivity index is 2.03. The van der Waals surface area contributed by atoms with Crippen molar-refractivity contribution in [2.75, 3.05) is 0 Å². The number of ether oxygens (including phenoxy) is 1. The van der Waals surface area contributed by atoms with E-state index in [1.807, 2.05) is 28.8 Å². The molecule has 0 saturated carbocycles. The highest BCUT2D eigenvalue weighted by Crippen LogP contribution is 2.25. The number of rotatable bonds is 5. The summed E-state index contributed by atoms with van der Waals surface area (Å²) in [6.07, 6.45) is 0. The molecule has 3 rings (SSSR count). The predicted octanol–water partition coefficient (Wildman–Crippen LogP) is 4.42. The standard InChI is InChI=1S/C16H13ClF2N2O/c17-9-15-20-12-6-2-3-7-13(12)21(15)10-11-5-1-4-8-14(11)22-16(18)19/h1-8,16H,9-10H2. The summed E-state index contributed by atoms with van der Waals surface area (Å²) in [5.41, 5.74) is 2.38. The molecule has 0 spiro atoms. The van der Waals surface area contributed by atoms with Crippen molar-refractivity contribution in [1.29, 1.82) is 0 Å². The van der Waals surface area contributed by atoms with E-state index in [4.69, 9.17) is 11.6 Å². The van der Waals surface area contributed by atoms with Gasteiger partial charge < -0.3 is 9.30 Å². The maximum Gasteiger partial charge on any atom is 0.387 e. The molecule has 6 heteroatoms. The largest absolute Gasteiger partial charge is 0.434 e. The monoisotopic (exact) mass is 322 g/mol. The maximum absolute atomic E-state index is 12.5. The van der Waals surface area contributed by atoms with Crippen molar-refractivity contribution in [2.24, 2.45) is 0 Å². The molecule has 1 heterocycles. The van der Waals surface area contributed by atoms with E-state index < -0.39 is 6.61 Å². The molecule has 0 N–H and O–H groups in total. The van der Waals surface area contributed by atoms with Gasteiger partial charge >= 0.3 is 6.61 Å². The molecule has 1 aromatic heterocycles. The first-order valence-corrected chi connectivity index (χ1v) is 7.25. The molecule has 0 amide bonds. The molecule has 0 fully saturated rings. The second kappa shape index (κ2) is 6.32. The molecule has 0 aliphatic heterocycles. The van der Waals surface area contributed by atoms with Crippen LogP contribution in [0.1, 0.15) is 11.4 Å². The molecular weight excluding hydrogens is 310 g/mol. The second-order valence-electron chi connectivity index (χ2n) is 4.72. The molecule has 3 nitrogen and oxygen atoms in total. The van der Waals surface area contributed by atoms with Gasteiger partial charge in [0.25, 0.3) is 0 Å². The van der Waals surface area contributed by atoms with Crippen molar-refractivity contribution < 1.29 is 13.5 Å². The first kappa shape index (κ1) is 14.8. The fourth-order valence-electron chi connectivity index (χ4n) is 2.42. The molecule has 0 bridgehead atoms. The molecule has 0 aliphatic rings. The zero-order chi connectivity index (χ0) is 15.5. The maximum atomic E-state index is 12.5. The molecule has 0 unspecified atom stereocenters. The first-order valence-electron chi connectivity index (χ1n) is 6.72. The third-order valence-corrected chi connectivity index (χ3v) is 3.61. The van der Waals surface area contributed by atoms with Crippen LogP contribution in [-0.2, 0) is 12.4 Å². The minimum atomic E-state index is -2.85. The minimum Gasteiger partial charge on any atom is -0.434 e. The van der Waals surface area contributed by atoms with E-state index in [0.29, 0.717) is 17.9 Å². The number of hydrogen-bond acceptors (Lipinski definition) is 2. The molecule has 114 valence electrons. The van der Waals surface area contributed by atoms with Crippen LogP contribution in [0.2, 0.25) is 0 Å². The number of aromatic nitrogens is 2. The molecule has 0 saturated heterocycles. The van der Waals surface area contributed by atoms with Crippen LogP contribution in [0.4, 0.5) is 8.78 Å². The van der Waals surface area contributed by atoms with Crippen LogP contribution in [0.3, 0.4) is 0 Å². The summed E-state index contributed by atoms with van der Waals surface area (Å²) in [5.74, 6) is 1.09. The van der Waals surface area contributed by atoms with Crippen LogP contribution >= 0.6 is 11.6 Å². The molecule has 0 radical (unpaired) electrons. The third-order valence-electron chi connectivity index (χ3n) is 3.37.